The molecule has 0 fully saturated rings. The number of rotatable bonds is 5. The standard InChI is InChI=1S/C14H18N2OS/c1-2-3-8-16-10-12(15-14(16)18)9-11-4-6-13(17)7-5-11/h4-7,10,17H,2-3,8-9H2,1H3,(H,15,18). The molecule has 2 aromatic rings. The summed E-state index contributed by atoms with van der Waals surface area (Å²) in [6, 6.07) is 7.27. The van der Waals surface area contributed by atoms with Gasteiger partial charge in [0.05, 0.1) is 0 Å². The van der Waals surface area contributed by atoms with E-state index in [1.54, 1.807) is 12.1 Å². The van der Waals surface area contributed by atoms with Gasteiger partial charge in [0.2, 0.25) is 0 Å². The Balaban J connectivity index is 2.10. The molecule has 0 atom stereocenters. The fourth-order valence-electron chi connectivity index (χ4n) is 1.91. The van der Waals surface area contributed by atoms with Crippen LogP contribution in [-0.2, 0) is 13.0 Å². The number of aromatic nitrogens is 2. The van der Waals surface area contributed by atoms with Gasteiger partial charge in [0, 0.05) is 24.9 Å². The molecule has 1 heterocycles. The van der Waals surface area contributed by atoms with Gasteiger partial charge in [-0.2, -0.15) is 0 Å². The molecule has 0 unspecified atom stereocenters. The Labute approximate surface area is 112 Å². The Morgan fingerprint density at radius 1 is 1.28 bits per heavy atom. The van der Waals surface area contributed by atoms with Gasteiger partial charge in [-0.05, 0) is 36.3 Å². The van der Waals surface area contributed by atoms with E-state index >= 15 is 0 Å². The Morgan fingerprint density at radius 2 is 2.00 bits per heavy atom. The predicted molar refractivity (Wildman–Crippen MR) is 75.4 cm³/mol. The minimum absolute atomic E-state index is 0.298. The summed E-state index contributed by atoms with van der Waals surface area (Å²) in [7, 11) is 0. The topological polar surface area (TPSA) is 41.0 Å². The van der Waals surface area contributed by atoms with Crippen molar-refractivity contribution in [3.8, 4) is 5.75 Å². The van der Waals surface area contributed by atoms with Crippen LogP contribution >= 0.6 is 12.2 Å². The lowest BCUT2D eigenvalue weighted by Gasteiger charge is -2.00. The summed E-state index contributed by atoms with van der Waals surface area (Å²) >= 11 is 5.29. The summed E-state index contributed by atoms with van der Waals surface area (Å²) in [6.07, 6.45) is 5.21. The van der Waals surface area contributed by atoms with Crippen molar-refractivity contribution in [2.45, 2.75) is 32.7 Å². The van der Waals surface area contributed by atoms with Gasteiger partial charge in [-0.1, -0.05) is 25.5 Å². The van der Waals surface area contributed by atoms with Gasteiger partial charge in [-0.3, -0.25) is 0 Å². The SMILES string of the molecule is CCCCn1cc(Cc2ccc(O)cc2)[nH]c1=S. The molecular formula is C14H18N2OS. The molecule has 0 saturated heterocycles. The number of H-pyrrole nitrogens is 1. The van der Waals surface area contributed by atoms with Crippen LogP contribution in [0.3, 0.4) is 0 Å². The second kappa shape index (κ2) is 5.87. The van der Waals surface area contributed by atoms with Gasteiger partial charge < -0.3 is 14.7 Å². The summed E-state index contributed by atoms with van der Waals surface area (Å²) in [5.41, 5.74) is 2.27. The van der Waals surface area contributed by atoms with Crippen molar-refractivity contribution >= 4 is 12.2 Å². The lowest BCUT2D eigenvalue weighted by Crippen LogP contribution is -1.95. The van der Waals surface area contributed by atoms with Crippen LogP contribution in [0.5, 0.6) is 5.75 Å². The number of nitrogens with zero attached hydrogens (tertiary/aromatic N) is 1. The van der Waals surface area contributed by atoms with Gasteiger partial charge in [-0.15, -0.1) is 0 Å². The van der Waals surface area contributed by atoms with Crippen LogP contribution < -0.4 is 0 Å². The zero-order valence-electron chi connectivity index (χ0n) is 10.5. The van der Waals surface area contributed by atoms with Crippen molar-refractivity contribution in [3.63, 3.8) is 0 Å². The van der Waals surface area contributed by atoms with E-state index in [0.29, 0.717) is 5.75 Å². The molecule has 0 spiro atoms. The third-order valence-electron chi connectivity index (χ3n) is 2.92. The number of nitrogens with one attached hydrogen (secondary N) is 1. The van der Waals surface area contributed by atoms with Crippen LogP contribution in [0.1, 0.15) is 31.0 Å². The van der Waals surface area contributed by atoms with Crippen LogP contribution in [0.25, 0.3) is 0 Å². The Hall–Kier alpha value is -1.55. The fraction of sp³-hybridized carbons (Fsp3) is 0.357. The largest absolute Gasteiger partial charge is 0.508 e. The second-order valence-electron chi connectivity index (χ2n) is 4.47. The molecule has 0 aliphatic heterocycles. The van der Waals surface area contributed by atoms with E-state index in [1.807, 2.05) is 12.1 Å². The Kier molecular flexibility index (Phi) is 4.20. The van der Waals surface area contributed by atoms with E-state index in [1.165, 1.54) is 6.42 Å². The lowest BCUT2D eigenvalue weighted by atomic mass is 10.1. The van der Waals surface area contributed by atoms with Crippen molar-refractivity contribution in [1.82, 2.24) is 9.55 Å². The zero-order valence-corrected chi connectivity index (χ0v) is 11.3. The Morgan fingerprint density at radius 3 is 2.67 bits per heavy atom. The number of unbranched alkanes of at least 4 members (excludes halogenated alkanes) is 1. The molecule has 1 aromatic carbocycles. The number of aromatic amines is 1. The first kappa shape index (κ1) is 12.9. The van der Waals surface area contributed by atoms with Crippen LogP contribution in [0, 0.1) is 4.77 Å². The van der Waals surface area contributed by atoms with Crippen LogP contribution in [0.2, 0.25) is 0 Å². The minimum Gasteiger partial charge on any atom is -0.508 e. The first-order chi connectivity index (χ1) is 8.69. The van der Waals surface area contributed by atoms with Gasteiger partial charge in [0.1, 0.15) is 5.75 Å². The molecule has 4 heteroatoms. The molecule has 2 N–H and O–H groups in total. The van der Waals surface area contributed by atoms with Gasteiger partial charge >= 0.3 is 0 Å². The zero-order chi connectivity index (χ0) is 13.0. The molecule has 18 heavy (non-hydrogen) atoms. The molecule has 0 saturated carbocycles. The molecule has 1 aromatic heterocycles. The molecule has 96 valence electrons. The van der Waals surface area contributed by atoms with Gasteiger partial charge in [0.25, 0.3) is 0 Å². The maximum absolute atomic E-state index is 9.24. The van der Waals surface area contributed by atoms with Crippen LogP contribution in [0.15, 0.2) is 30.5 Å². The molecular weight excluding hydrogens is 244 g/mol. The molecule has 0 amide bonds. The number of aromatic hydroxyl groups is 1. The lowest BCUT2D eigenvalue weighted by molar-refractivity contribution is 0.475. The second-order valence-corrected chi connectivity index (χ2v) is 4.86. The third-order valence-corrected chi connectivity index (χ3v) is 3.26. The summed E-state index contributed by atoms with van der Waals surface area (Å²) in [6.45, 7) is 3.15. The van der Waals surface area contributed by atoms with Gasteiger partial charge in [0.15, 0.2) is 4.77 Å². The van der Waals surface area contributed by atoms with E-state index < -0.39 is 0 Å². The highest BCUT2D eigenvalue weighted by Gasteiger charge is 2.02. The first-order valence-corrected chi connectivity index (χ1v) is 6.66. The monoisotopic (exact) mass is 262 g/mol. The summed E-state index contributed by atoms with van der Waals surface area (Å²) in [5.74, 6) is 0.298. The number of aryl methyl sites for hydroxylation is 1. The molecule has 3 nitrogen and oxygen atoms in total. The summed E-state index contributed by atoms with van der Waals surface area (Å²) < 4.78 is 2.88. The maximum Gasteiger partial charge on any atom is 0.177 e. The predicted octanol–water partition coefficient (Wildman–Crippen LogP) is 3.64. The van der Waals surface area contributed by atoms with Crippen molar-refractivity contribution in [2.75, 3.05) is 0 Å². The highest BCUT2D eigenvalue weighted by molar-refractivity contribution is 7.71. The maximum atomic E-state index is 9.24. The number of hydrogen-bond acceptors (Lipinski definition) is 2. The van der Waals surface area contributed by atoms with E-state index in [4.69, 9.17) is 12.2 Å². The molecule has 0 aliphatic carbocycles. The quantitative estimate of drug-likeness (QED) is 0.808. The van der Waals surface area contributed by atoms with Crippen molar-refractivity contribution in [3.05, 3.63) is 46.5 Å². The van der Waals surface area contributed by atoms with Crippen LogP contribution in [-0.4, -0.2) is 14.7 Å². The van der Waals surface area contributed by atoms with Crippen molar-refractivity contribution < 1.29 is 5.11 Å². The van der Waals surface area contributed by atoms with E-state index in [2.05, 4.69) is 22.7 Å². The fourth-order valence-corrected chi connectivity index (χ4v) is 2.18. The number of phenolic OH excluding ortho intramolecular Hbond substituents is 1. The Bertz CT molecular complexity index is 554. The highest BCUT2D eigenvalue weighted by atomic mass is 32.1. The average molecular weight is 262 g/mol. The smallest absolute Gasteiger partial charge is 0.177 e. The van der Waals surface area contributed by atoms with Crippen LogP contribution in [0.4, 0.5) is 0 Å². The molecule has 0 radical (unpaired) electrons. The number of benzene rings is 1. The summed E-state index contributed by atoms with van der Waals surface area (Å²) in [4.78, 5) is 3.23. The van der Waals surface area contributed by atoms with E-state index in [0.717, 1.165) is 35.4 Å². The van der Waals surface area contributed by atoms with Gasteiger partial charge in [-0.25, -0.2) is 0 Å². The molecule has 2 rings (SSSR count). The molecule has 0 bridgehead atoms. The minimum atomic E-state index is 0.298. The average Bonchev–Trinajstić information content (AvgIpc) is 2.70. The van der Waals surface area contributed by atoms with Crippen molar-refractivity contribution in [2.24, 2.45) is 0 Å². The molecule has 0 aliphatic rings. The van der Waals surface area contributed by atoms with E-state index in [9.17, 15) is 5.11 Å². The first-order valence-electron chi connectivity index (χ1n) is 6.25. The van der Waals surface area contributed by atoms with E-state index in [-0.39, 0.29) is 0 Å². The van der Waals surface area contributed by atoms with Crippen molar-refractivity contribution in [1.29, 1.82) is 0 Å². The summed E-state index contributed by atoms with van der Waals surface area (Å²) in [5, 5.41) is 9.24. The highest BCUT2D eigenvalue weighted by Crippen LogP contribution is 2.13. The number of hydrogen-bond donors (Lipinski definition) is 2. The number of imidazole rings is 1. The third kappa shape index (κ3) is 3.23. The number of phenols is 1. The normalized spacial score (nSPS) is 10.7.